The van der Waals surface area contributed by atoms with Gasteiger partial charge in [-0.25, -0.2) is 0 Å². The molecule has 4 heteroatoms. The molecular weight excluding hydrogens is 282 g/mol. The van der Waals surface area contributed by atoms with Gasteiger partial charge in [-0.05, 0) is 29.1 Å². The van der Waals surface area contributed by atoms with Crippen molar-refractivity contribution in [1.29, 1.82) is 0 Å². The van der Waals surface area contributed by atoms with Crippen LogP contribution in [0.2, 0.25) is 0 Å². The van der Waals surface area contributed by atoms with Gasteiger partial charge in [-0.15, -0.1) is 11.3 Å². The lowest BCUT2D eigenvalue weighted by molar-refractivity contribution is -0.129. The van der Waals surface area contributed by atoms with Crippen LogP contribution in [0.5, 0.6) is 0 Å². The van der Waals surface area contributed by atoms with Crippen LogP contribution in [0.25, 0.3) is 0 Å². The van der Waals surface area contributed by atoms with Gasteiger partial charge in [0.1, 0.15) is 6.61 Å². The molecule has 1 aromatic carbocycles. The van der Waals surface area contributed by atoms with E-state index in [0.29, 0.717) is 13.0 Å². The minimum absolute atomic E-state index is 0.101. The Labute approximate surface area is 128 Å². The third-order valence-electron chi connectivity index (χ3n) is 2.99. The highest BCUT2D eigenvalue weighted by atomic mass is 32.1. The van der Waals surface area contributed by atoms with Gasteiger partial charge in [0, 0.05) is 24.0 Å². The number of benzene rings is 1. The summed E-state index contributed by atoms with van der Waals surface area (Å²) >= 11 is 1.60. The summed E-state index contributed by atoms with van der Waals surface area (Å²) in [6.45, 7) is 0.405. The Morgan fingerprint density at radius 1 is 1.33 bits per heavy atom. The second kappa shape index (κ2) is 7.63. The van der Waals surface area contributed by atoms with E-state index < -0.39 is 0 Å². The van der Waals surface area contributed by atoms with Crippen molar-refractivity contribution in [2.45, 2.75) is 13.0 Å². The molecule has 21 heavy (non-hydrogen) atoms. The van der Waals surface area contributed by atoms with Gasteiger partial charge in [-0.3, -0.25) is 4.79 Å². The highest BCUT2D eigenvalue weighted by Gasteiger charge is 2.10. The van der Waals surface area contributed by atoms with E-state index in [1.165, 1.54) is 0 Å². The number of thiophene rings is 1. The molecule has 2 aromatic rings. The van der Waals surface area contributed by atoms with E-state index in [4.69, 9.17) is 5.11 Å². The summed E-state index contributed by atoms with van der Waals surface area (Å²) in [5.41, 5.74) is 1.88. The van der Waals surface area contributed by atoms with Crippen molar-refractivity contribution in [1.82, 2.24) is 4.90 Å². The number of hydrogen-bond acceptors (Lipinski definition) is 3. The van der Waals surface area contributed by atoms with E-state index in [1.807, 2.05) is 48.8 Å². The monoisotopic (exact) mass is 299 g/mol. The molecule has 0 aliphatic heterocycles. The van der Waals surface area contributed by atoms with Crippen LogP contribution in [0.3, 0.4) is 0 Å². The predicted molar refractivity (Wildman–Crippen MR) is 84.9 cm³/mol. The van der Waals surface area contributed by atoms with Crippen molar-refractivity contribution in [3.05, 3.63) is 57.8 Å². The number of aliphatic hydroxyl groups excluding tert-OH is 1. The van der Waals surface area contributed by atoms with Gasteiger partial charge >= 0.3 is 0 Å². The molecule has 0 radical (unpaired) electrons. The zero-order valence-corrected chi connectivity index (χ0v) is 12.7. The molecule has 1 heterocycles. The Hall–Kier alpha value is -2.09. The first-order valence-electron chi connectivity index (χ1n) is 6.64. The van der Waals surface area contributed by atoms with Gasteiger partial charge in [0.2, 0.25) is 5.91 Å². The van der Waals surface area contributed by atoms with Crippen molar-refractivity contribution in [2.75, 3.05) is 13.7 Å². The van der Waals surface area contributed by atoms with E-state index in [0.717, 1.165) is 16.0 Å². The first-order chi connectivity index (χ1) is 10.2. The lowest BCUT2D eigenvalue weighted by Crippen LogP contribution is -2.27. The Bertz CT molecular complexity index is 653. The minimum Gasteiger partial charge on any atom is -0.384 e. The minimum atomic E-state index is -0.149. The quantitative estimate of drug-likeness (QED) is 0.880. The highest BCUT2D eigenvalue weighted by molar-refractivity contribution is 7.10. The topological polar surface area (TPSA) is 40.5 Å². The Morgan fingerprint density at radius 2 is 2.19 bits per heavy atom. The molecule has 0 saturated carbocycles. The van der Waals surface area contributed by atoms with Crippen molar-refractivity contribution in [3.8, 4) is 11.8 Å². The summed E-state index contributed by atoms with van der Waals surface area (Å²) in [7, 11) is 1.81. The largest absolute Gasteiger partial charge is 0.384 e. The molecule has 1 N–H and O–H groups in total. The first kappa shape index (κ1) is 15.3. The number of amides is 1. The maximum atomic E-state index is 12.1. The van der Waals surface area contributed by atoms with Crippen molar-refractivity contribution in [3.63, 3.8) is 0 Å². The molecule has 3 nitrogen and oxygen atoms in total. The smallest absolute Gasteiger partial charge is 0.227 e. The third kappa shape index (κ3) is 4.75. The second-order valence-electron chi connectivity index (χ2n) is 4.67. The number of hydrogen-bond donors (Lipinski definition) is 1. The Morgan fingerprint density at radius 3 is 2.90 bits per heavy atom. The maximum absolute atomic E-state index is 12.1. The van der Waals surface area contributed by atoms with Crippen molar-refractivity contribution < 1.29 is 9.90 Å². The number of rotatable bonds is 4. The summed E-state index contributed by atoms with van der Waals surface area (Å²) in [5.74, 6) is 5.60. The fraction of sp³-hybridized carbons (Fsp3) is 0.235. The standard InChI is InChI=1S/C17H17NO2S/c1-18(17(20)12-16-8-4-10-21-16)13-15-6-2-5-14(11-15)7-3-9-19/h2,4-6,8,10-11,19H,9,12-13H2,1H3. The van der Waals surface area contributed by atoms with Crippen LogP contribution < -0.4 is 0 Å². The number of aliphatic hydroxyl groups is 1. The number of likely N-dealkylation sites (N-methyl/N-ethyl adjacent to an activating group) is 1. The third-order valence-corrected chi connectivity index (χ3v) is 3.87. The van der Waals surface area contributed by atoms with Crippen LogP contribution in [0.1, 0.15) is 16.0 Å². The van der Waals surface area contributed by atoms with Crippen LogP contribution >= 0.6 is 11.3 Å². The molecular formula is C17H17NO2S. The fourth-order valence-corrected chi connectivity index (χ4v) is 2.64. The molecule has 2 rings (SSSR count). The van der Waals surface area contributed by atoms with Crippen molar-refractivity contribution >= 4 is 17.2 Å². The SMILES string of the molecule is CN(Cc1cccc(C#CCO)c1)C(=O)Cc1cccs1. The Balaban J connectivity index is 1.98. The average molecular weight is 299 g/mol. The van der Waals surface area contributed by atoms with E-state index >= 15 is 0 Å². The molecule has 0 aliphatic carbocycles. The first-order valence-corrected chi connectivity index (χ1v) is 7.52. The summed E-state index contributed by atoms with van der Waals surface area (Å²) in [4.78, 5) is 14.9. The Kier molecular flexibility index (Phi) is 5.56. The summed E-state index contributed by atoms with van der Waals surface area (Å²) in [6.07, 6.45) is 0.443. The molecule has 1 aromatic heterocycles. The van der Waals surface area contributed by atoms with Gasteiger partial charge in [0.15, 0.2) is 0 Å². The zero-order valence-electron chi connectivity index (χ0n) is 11.9. The molecule has 0 atom stereocenters. The van der Waals surface area contributed by atoms with E-state index in [9.17, 15) is 4.79 Å². The van der Waals surface area contributed by atoms with Gasteiger partial charge in [-0.1, -0.05) is 30.0 Å². The summed E-state index contributed by atoms with van der Waals surface area (Å²) in [5, 5.41) is 10.7. The molecule has 0 bridgehead atoms. The molecule has 0 saturated heterocycles. The molecule has 1 amide bonds. The number of carbonyl (C=O) groups excluding carboxylic acids is 1. The van der Waals surface area contributed by atoms with Crippen LogP contribution in [0.15, 0.2) is 41.8 Å². The second-order valence-corrected chi connectivity index (χ2v) is 5.70. The van der Waals surface area contributed by atoms with Crippen LogP contribution in [-0.2, 0) is 17.8 Å². The van der Waals surface area contributed by atoms with E-state index in [1.54, 1.807) is 16.2 Å². The molecule has 0 unspecified atom stereocenters. The maximum Gasteiger partial charge on any atom is 0.227 e. The van der Waals surface area contributed by atoms with Gasteiger partial charge < -0.3 is 10.0 Å². The van der Waals surface area contributed by atoms with Crippen LogP contribution in [0, 0.1) is 11.8 Å². The lowest BCUT2D eigenvalue weighted by atomic mass is 10.1. The zero-order chi connectivity index (χ0) is 15.1. The fourth-order valence-electron chi connectivity index (χ4n) is 1.95. The molecule has 108 valence electrons. The average Bonchev–Trinajstić information content (AvgIpc) is 2.98. The van der Waals surface area contributed by atoms with E-state index in [2.05, 4.69) is 11.8 Å². The summed E-state index contributed by atoms with van der Waals surface area (Å²) < 4.78 is 0. The molecule has 0 aliphatic rings. The number of carbonyl (C=O) groups is 1. The lowest BCUT2D eigenvalue weighted by Gasteiger charge is -2.17. The summed E-state index contributed by atoms with van der Waals surface area (Å²) in [6, 6.07) is 11.6. The van der Waals surface area contributed by atoms with Crippen LogP contribution in [-0.4, -0.2) is 29.6 Å². The normalized spacial score (nSPS) is 9.81. The highest BCUT2D eigenvalue weighted by Crippen LogP contribution is 2.12. The predicted octanol–water partition coefficient (Wildman–Crippen LogP) is 2.29. The van der Waals surface area contributed by atoms with Gasteiger partial charge in [0.05, 0.1) is 6.42 Å². The van der Waals surface area contributed by atoms with Gasteiger partial charge in [0.25, 0.3) is 0 Å². The van der Waals surface area contributed by atoms with E-state index in [-0.39, 0.29) is 12.5 Å². The molecule has 0 fully saturated rings. The van der Waals surface area contributed by atoms with Crippen molar-refractivity contribution in [2.24, 2.45) is 0 Å². The molecule has 0 spiro atoms. The van der Waals surface area contributed by atoms with Gasteiger partial charge in [-0.2, -0.15) is 0 Å². The van der Waals surface area contributed by atoms with Crippen LogP contribution in [0.4, 0.5) is 0 Å². The number of nitrogens with zero attached hydrogens (tertiary/aromatic N) is 1.